The summed E-state index contributed by atoms with van der Waals surface area (Å²) >= 11 is 0. The molecule has 6 unspecified atom stereocenters. The zero-order valence-electron chi connectivity index (χ0n) is 51.5. The largest absolute Gasteiger partial charge is 0.479 e. The summed E-state index contributed by atoms with van der Waals surface area (Å²) in [5, 5.41) is 31.6. The highest BCUT2D eigenvalue weighted by atomic mass is 16.7. The summed E-state index contributed by atoms with van der Waals surface area (Å²) in [4.78, 5) is 51.3. The third-order valence-corrected chi connectivity index (χ3v) is 14.7. The van der Waals surface area contributed by atoms with E-state index >= 15 is 0 Å². The van der Waals surface area contributed by atoms with E-state index in [0.29, 0.717) is 19.3 Å². The summed E-state index contributed by atoms with van der Waals surface area (Å²) in [6.07, 6.45) is 59.9. The zero-order valence-corrected chi connectivity index (χ0v) is 51.5. The second-order valence-corrected chi connectivity index (χ2v) is 22.4. The molecule has 1 aliphatic rings. The highest BCUT2D eigenvalue weighted by Crippen LogP contribution is 2.27. The number of carbonyl (C=O) groups excluding carboxylic acids is 3. The summed E-state index contributed by atoms with van der Waals surface area (Å²) in [5.41, 5.74) is 0. The SMILES string of the molecule is CCCCC/C=C\C/C=C\CCCCCCCCCCCC(=O)OCC(COC1OC(C(=O)O)C(O)C(O)C1OC(=O)CCCCCCCCC/C=C\C/C=C\CCCCC)OC(=O)CCCCCCC/C=C\C/C=C\CCCCC. The number of allylic oxidation sites excluding steroid dienone is 12. The van der Waals surface area contributed by atoms with E-state index in [4.69, 9.17) is 23.7 Å². The molecule has 1 fully saturated rings. The van der Waals surface area contributed by atoms with Crippen molar-refractivity contribution in [2.24, 2.45) is 0 Å². The Balaban J connectivity index is 2.66. The molecular formula is C69H118O12. The highest BCUT2D eigenvalue weighted by molar-refractivity contribution is 5.74. The summed E-state index contributed by atoms with van der Waals surface area (Å²) < 4.78 is 28.5. The molecule has 0 saturated carbocycles. The van der Waals surface area contributed by atoms with Crippen LogP contribution in [0.5, 0.6) is 0 Å². The fourth-order valence-electron chi connectivity index (χ4n) is 9.64. The van der Waals surface area contributed by atoms with E-state index in [9.17, 15) is 34.5 Å². The van der Waals surface area contributed by atoms with E-state index in [1.165, 1.54) is 96.3 Å². The first-order valence-electron chi connectivity index (χ1n) is 32.9. The third kappa shape index (κ3) is 46.3. The lowest BCUT2D eigenvalue weighted by Crippen LogP contribution is -2.61. The van der Waals surface area contributed by atoms with Crippen molar-refractivity contribution in [3.05, 3.63) is 72.9 Å². The average Bonchev–Trinajstić information content (AvgIpc) is 3.53. The highest BCUT2D eigenvalue weighted by Gasteiger charge is 2.50. The molecule has 6 atom stereocenters. The van der Waals surface area contributed by atoms with E-state index in [1.807, 2.05) is 0 Å². The minimum atomic E-state index is -1.91. The van der Waals surface area contributed by atoms with E-state index in [2.05, 4.69) is 93.7 Å². The average molecular weight is 1140 g/mol. The van der Waals surface area contributed by atoms with Gasteiger partial charge in [-0.3, -0.25) is 14.4 Å². The molecule has 0 aromatic rings. The predicted octanol–water partition coefficient (Wildman–Crippen LogP) is 17.7. The smallest absolute Gasteiger partial charge is 0.335 e. The number of esters is 3. The molecular weight excluding hydrogens is 1020 g/mol. The second-order valence-electron chi connectivity index (χ2n) is 22.4. The fourth-order valence-corrected chi connectivity index (χ4v) is 9.64. The first kappa shape index (κ1) is 75.2. The van der Waals surface area contributed by atoms with E-state index in [-0.39, 0.29) is 25.9 Å². The predicted molar refractivity (Wildman–Crippen MR) is 331 cm³/mol. The van der Waals surface area contributed by atoms with Crippen molar-refractivity contribution in [2.45, 2.75) is 327 Å². The summed E-state index contributed by atoms with van der Waals surface area (Å²) in [7, 11) is 0. The fraction of sp³-hybridized carbons (Fsp3) is 0.768. The van der Waals surface area contributed by atoms with Crippen molar-refractivity contribution in [1.82, 2.24) is 0 Å². The minimum absolute atomic E-state index is 0.0485. The van der Waals surface area contributed by atoms with Crippen LogP contribution in [0.25, 0.3) is 0 Å². The molecule has 0 aromatic heterocycles. The van der Waals surface area contributed by atoms with Gasteiger partial charge in [-0.05, 0) is 116 Å². The molecule has 0 radical (unpaired) electrons. The van der Waals surface area contributed by atoms with Crippen LogP contribution >= 0.6 is 0 Å². The van der Waals surface area contributed by atoms with E-state index in [0.717, 1.165) is 135 Å². The van der Waals surface area contributed by atoms with Gasteiger partial charge in [0, 0.05) is 19.3 Å². The number of hydrogen-bond donors (Lipinski definition) is 3. The third-order valence-electron chi connectivity index (χ3n) is 14.7. The van der Waals surface area contributed by atoms with Crippen LogP contribution in [0.2, 0.25) is 0 Å². The molecule has 0 amide bonds. The Morgan fingerprint density at radius 2 is 0.741 bits per heavy atom. The summed E-state index contributed by atoms with van der Waals surface area (Å²) in [6.45, 7) is 5.93. The molecule has 12 heteroatoms. The molecule has 0 spiro atoms. The van der Waals surface area contributed by atoms with Crippen molar-refractivity contribution >= 4 is 23.9 Å². The van der Waals surface area contributed by atoms with Crippen molar-refractivity contribution < 1.29 is 58.2 Å². The number of aliphatic hydroxyl groups excluding tert-OH is 2. The van der Waals surface area contributed by atoms with Crippen molar-refractivity contribution in [3.63, 3.8) is 0 Å². The molecule has 81 heavy (non-hydrogen) atoms. The van der Waals surface area contributed by atoms with Gasteiger partial charge in [-0.1, -0.05) is 229 Å². The quantitative estimate of drug-likeness (QED) is 0.0228. The van der Waals surface area contributed by atoms with Crippen LogP contribution in [0.15, 0.2) is 72.9 Å². The Kier molecular flexibility index (Phi) is 52.6. The maximum atomic E-state index is 13.2. The van der Waals surface area contributed by atoms with Crippen molar-refractivity contribution in [2.75, 3.05) is 13.2 Å². The number of aliphatic carboxylic acids is 1. The number of unbranched alkanes of at least 4 members (excludes halogenated alkanes) is 30. The van der Waals surface area contributed by atoms with Crippen LogP contribution in [0.4, 0.5) is 0 Å². The standard InChI is InChI=1S/C69H118O12/c1-4-7-10-13-16-19-22-25-28-30-31-33-35-37-40-43-46-49-52-55-61(70)77-58-60(79-62(71)56-53-50-47-44-41-38-34-27-24-21-18-15-12-9-6-3)59-78-69-67(65(74)64(73)66(81-69)68(75)76)80-63(72)57-54-51-48-45-42-39-36-32-29-26-23-20-17-14-11-8-5-2/h16-21,25-29,34,60,64-67,69,73-74H,4-15,22-24,30-33,35-59H2,1-3H3,(H,75,76)/b19-16-,20-17-,21-18-,28-25-,29-26-,34-27-. The maximum Gasteiger partial charge on any atom is 0.335 e. The molecule has 1 aliphatic heterocycles. The van der Waals surface area contributed by atoms with Crippen molar-refractivity contribution in [3.8, 4) is 0 Å². The normalized spacial score (nSPS) is 18.2. The molecule has 3 N–H and O–H groups in total. The van der Waals surface area contributed by atoms with Crippen LogP contribution in [0, 0.1) is 0 Å². The van der Waals surface area contributed by atoms with Crippen LogP contribution in [-0.2, 0) is 42.9 Å². The van der Waals surface area contributed by atoms with Crippen molar-refractivity contribution in [1.29, 1.82) is 0 Å². The van der Waals surface area contributed by atoms with Gasteiger partial charge in [0.1, 0.15) is 18.8 Å². The monoisotopic (exact) mass is 1140 g/mol. The Morgan fingerprint density at radius 3 is 1.11 bits per heavy atom. The summed E-state index contributed by atoms with van der Waals surface area (Å²) in [5.74, 6) is -3.14. The number of carboxylic acid groups (broad SMARTS) is 1. The maximum absolute atomic E-state index is 13.2. The van der Waals surface area contributed by atoms with E-state index in [1.54, 1.807) is 0 Å². The number of ether oxygens (including phenoxy) is 5. The van der Waals surface area contributed by atoms with Crippen LogP contribution < -0.4 is 0 Å². The molecule has 12 nitrogen and oxygen atoms in total. The molecule has 0 bridgehead atoms. The van der Waals surface area contributed by atoms with Gasteiger partial charge in [-0.15, -0.1) is 0 Å². The molecule has 1 rings (SSSR count). The Labute approximate surface area is 493 Å². The lowest BCUT2D eigenvalue weighted by Gasteiger charge is -2.40. The Morgan fingerprint density at radius 1 is 0.407 bits per heavy atom. The van der Waals surface area contributed by atoms with Gasteiger partial charge in [0.25, 0.3) is 0 Å². The zero-order chi connectivity index (χ0) is 58.9. The topological polar surface area (TPSA) is 175 Å². The van der Waals surface area contributed by atoms with Crippen LogP contribution in [0.3, 0.4) is 0 Å². The van der Waals surface area contributed by atoms with Crippen LogP contribution in [-0.4, -0.2) is 89.2 Å². The Bertz CT molecular complexity index is 1680. The van der Waals surface area contributed by atoms with E-state index < -0.39 is 67.3 Å². The summed E-state index contributed by atoms with van der Waals surface area (Å²) in [6, 6.07) is 0. The minimum Gasteiger partial charge on any atom is -0.479 e. The molecule has 1 saturated heterocycles. The van der Waals surface area contributed by atoms with Gasteiger partial charge in [-0.25, -0.2) is 4.79 Å². The molecule has 0 aromatic carbocycles. The van der Waals surface area contributed by atoms with Gasteiger partial charge in [0.15, 0.2) is 24.6 Å². The van der Waals surface area contributed by atoms with Crippen LogP contribution in [0.1, 0.15) is 290 Å². The first-order valence-corrected chi connectivity index (χ1v) is 32.9. The number of aliphatic hydroxyl groups is 2. The molecule has 0 aliphatic carbocycles. The second kappa shape index (κ2) is 56.6. The molecule has 1 heterocycles. The number of hydrogen-bond acceptors (Lipinski definition) is 11. The van der Waals surface area contributed by atoms with Gasteiger partial charge < -0.3 is 39.0 Å². The van der Waals surface area contributed by atoms with Gasteiger partial charge in [-0.2, -0.15) is 0 Å². The number of carboxylic acids is 1. The number of rotatable bonds is 56. The number of carbonyl (C=O) groups is 4. The first-order chi connectivity index (χ1) is 39.6. The van der Waals surface area contributed by atoms with Gasteiger partial charge >= 0.3 is 23.9 Å². The Hall–Kier alpha value is -3.84. The molecule has 466 valence electrons. The van der Waals surface area contributed by atoms with Gasteiger partial charge in [0.05, 0.1) is 6.61 Å². The lowest BCUT2D eigenvalue weighted by molar-refractivity contribution is -0.301. The lowest BCUT2D eigenvalue weighted by atomic mass is 9.98. The van der Waals surface area contributed by atoms with Gasteiger partial charge in [0.2, 0.25) is 0 Å².